The van der Waals surface area contributed by atoms with E-state index in [-0.39, 0.29) is 36.8 Å². The average molecular weight is 391 g/mol. The molecule has 0 radical (unpaired) electrons. The molecule has 0 spiro atoms. The van der Waals surface area contributed by atoms with Crippen LogP contribution in [-0.4, -0.2) is 45.8 Å². The van der Waals surface area contributed by atoms with Gasteiger partial charge in [-0.15, -0.1) is 0 Å². The van der Waals surface area contributed by atoms with Crippen molar-refractivity contribution >= 4 is 17.1 Å². The number of allylic oxidation sites excluding steroid dienone is 2. The number of rotatable bonds is 10. The first-order chi connectivity index (χ1) is 13.1. The summed E-state index contributed by atoms with van der Waals surface area (Å²) in [5.74, 6) is 1.10. The molecule has 5 nitrogen and oxygen atoms in total. The fourth-order valence-corrected chi connectivity index (χ4v) is 6.03. The average Bonchev–Trinajstić information content (AvgIpc) is 3.27. The Hall–Kier alpha value is -1.34. The largest absolute Gasteiger partial charge is 0.616 e. The van der Waals surface area contributed by atoms with E-state index in [2.05, 4.69) is 12.2 Å². The Labute approximate surface area is 162 Å². The molecule has 1 aromatic rings. The van der Waals surface area contributed by atoms with Crippen LogP contribution in [0.2, 0.25) is 0 Å². The molecule has 3 fully saturated rings. The van der Waals surface area contributed by atoms with Crippen molar-refractivity contribution in [1.82, 2.24) is 0 Å². The third-order valence-electron chi connectivity index (χ3n) is 5.80. The van der Waals surface area contributed by atoms with Crippen LogP contribution < -0.4 is 0 Å². The molecule has 0 amide bonds. The summed E-state index contributed by atoms with van der Waals surface area (Å²) in [6.07, 6.45) is 7.41. The van der Waals surface area contributed by atoms with Gasteiger partial charge in [0.05, 0.1) is 12.2 Å². The lowest BCUT2D eigenvalue weighted by Gasteiger charge is -2.26. The maximum absolute atomic E-state index is 12.7. The van der Waals surface area contributed by atoms with Gasteiger partial charge in [0, 0.05) is 23.8 Å². The SMILES string of the molecule is O=C(O)CCC/C=C\C[C@H]1[C@@H](C[S+]([O-])Cc2ccccc2)[C@@H]2O[C@H]1[C@@H]1O[C@@H]12. The molecule has 0 aromatic heterocycles. The van der Waals surface area contributed by atoms with Gasteiger partial charge < -0.3 is 19.1 Å². The van der Waals surface area contributed by atoms with Crippen LogP contribution in [0.15, 0.2) is 42.5 Å². The van der Waals surface area contributed by atoms with Crippen LogP contribution in [0.5, 0.6) is 0 Å². The predicted molar refractivity (Wildman–Crippen MR) is 103 cm³/mol. The van der Waals surface area contributed by atoms with Crippen molar-refractivity contribution in [3.05, 3.63) is 48.0 Å². The molecule has 4 rings (SSSR count). The van der Waals surface area contributed by atoms with Gasteiger partial charge in [-0.25, -0.2) is 0 Å². The minimum atomic E-state index is -0.920. The van der Waals surface area contributed by atoms with E-state index in [4.69, 9.17) is 14.6 Å². The van der Waals surface area contributed by atoms with Crippen LogP contribution in [0.4, 0.5) is 0 Å². The monoisotopic (exact) mass is 390 g/mol. The zero-order valence-electron chi connectivity index (χ0n) is 15.2. The summed E-state index contributed by atoms with van der Waals surface area (Å²) in [6, 6.07) is 9.97. The molecule has 1 aromatic carbocycles. The zero-order valence-corrected chi connectivity index (χ0v) is 16.1. The Balaban J connectivity index is 1.31. The lowest BCUT2D eigenvalue weighted by Crippen LogP contribution is -2.37. The number of epoxide rings is 1. The normalized spacial score (nSPS) is 34.7. The summed E-state index contributed by atoms with van der Waals surface area (Å²) in [4.78, 5) is 10.6. The van der Waals surface area contributed by atoms with Crippen molar-refractivity contribution in [2.24, 2.45) is 11.8 Å². The molecule has 2 bridgehead atoms. The second kappa shape index (κ2) is 8.35. The van der Waals surface area contributed by atoms with Crippen molar-refractivity contribution in [3.63, 3.8) is 0 Å². The highest BCUT2D eigenvalue weighted by molar-refractivity contribution is 7.90. The Bertz CT molecular complexity index is 678. The van der Waals surface area contributed by atoms with E-state index >= 15 is 0 Å². The number of carbonyl (C=O) groups is 1. The van der Waals surface area contributed by atoms with Gasteiger partial charge in [0.25, 0.3) is 0 Å². The van der Waals surface area contributed by atoms with Gasteiger partial charge in [0.1, 0.15) is 23.7 Å². The lowest BCUT2D eigenvalue weighted by molar-refractivity contribution is -0.137. The fraction of sp³-hybridized carbons (Fsp3) is 0.571. The highest BCUT2D eigenvalue weighted by Crippen LogP contribution is 2.55. The van der Waals surface area contributed by atoms with Crippen molar-refractivity contribution < 1.29 is 23.9 Å². The van der Waals surface area contributed by atoms with Gasteiger partial charge in [-0.3, -0.25) is 4.79 Å². The molecule has 1 unspecified atom stereocenters. The van der Waals surface area contributed by atoms with E-state index in [0.29, 0.717) is 23.8 Å². The van der Waals surface area contributed by atoms with Crippen molar-refractivity contribution in [3.8, 4) is 0 Å². The molecule has 6 heteroatoms. The highest BCUT2D eigenvalue weighted by atomic mass is 32.2. The van der Waals surface area contributed by atoms with Crippen LogP contribution in [-0.2, 0) is 31.2 Å². The summed E-state index contributed by atoms with van der Waals surface area (Å²) >= 11 is -0.920. The van der Waals surface area contributed by atoms with E-state index in [1.165, 1.54) is 0 Å². The number of aliphatic carboxylic acids is 1. The van der Waals surface area contributed by atoms with Crippen molar-refractivity contribution in [2.75, 3.05) is 5.75 Å². The fourth-order valence-electron chi connectivity index (χ4n) is 4.48. The molecule has 3 saturated heterocycles. The number of benzene rings is 1. The lowest BCUT2D eigenvalue weighted by atomic mass is 9.78. The van der Waals surface area contributed by atoms with E-state index in [0.717, 1.165) is 18.4 Å². The van der Waals surface area contributed by atoms with Crippen molar-refractivity contribution in [1.29, 1.82) is 0 Å². The van der Waals surface area contributed by atoms with Crippen LogP contribution in [0.1, 0.15) is 31.2 Å². The molecule has 146 valence electrons. The van der Waals surface area contributed by atoms with E-state index in [9.17, 15) is 9.35 Å². The van der Waals surface area contributed by atoms with Gasteiger partial charge in [-0.1, -0.05) is 42.5 Å². The highest BCUT2D eigenvalue weighted by Gasteiger charge is 2.69. The Morgan fingerprint density at radius 3 is 2.52 bits per heavy atom. The first-order valence-electron chi connectivity index (χ1n) is 9.70. The Kier molecular flexibility index (Phi) is 5.88. The second-order valence-electron chi connectivity index (χ2n) is 7.69. The van der Waals surface area contributed by atoms with Gasteiger partial charge in [-0.2, -0.15) is 0 Å². The maximum Gasteiger partial charge on any atom is 0.303 e. The summed E-state index contributed by atoms with van der Waals surface area (Å²) in [5, 5.41) is 8.69. The Morgan fingerprint density at radius 2 is 1.78 bits per heavy atom. The number of carboxylic acid groups (broad SMARTS) is 1. The second-order valence-corrected chi connectivity index (χ2v) is 9.19. The molecule has 0 saturated carbocycles. The topological polar surface area (TPSA) is 82.1 Å². The molecule has 1 N–H and O–H groups in total. The summed E-state index contributed by atoms with van der Waals surface area (Å²) in [5.41, 5.74) is 1.11. The minimum Gasteiger partial charge on any atom is -0.616 e. The molecule has 3 aliphatic rings. The van der Waals surface area contributed by atoms with Crippen LogP contribution in [0.25, 0.3) is 0 Å². The first-order valence-corrected chi connectivity index (χ1v) is 11.2. The van der Waals surface area contributed by atoms with Crippen LogP contribution in [0.3, 0.4) is 0 Å². The molecule has 3 aliphatic heterocycles. The van der Waals surface area contributed by atoms with Gasteiger partial charge in [0.2, 0.25) is 0 Å². The molecule has 0 aliphatic carbocycles. The molecule has 3 heterocycles. The summed E-state index contributed by atoms with van der Waals surface area (Å²) in [6.45, 7) is 0. The number of unbranched alkanes of at least 4 members (excludes halogenated alkanes) is 1. The predicted octanol–water partition coefficient (Wildman–Crippen LogP) is 2.92. The van der Waals surface area contributed by atoms with Gasteiger partial charge in [0.15, 0.2) is 0 Å². The van der Waals surface area contributed by atoms with Gasteiger partial charge in [-0.05, 0) is 30.4 Å². The van der Waals surface area contributed by atoms with Crippen LogP contribution in [0, 0.1) is 11.8 Å². The molecule has 7 atom stereocenters. The van der Waals surface area contributed by atoms with E-state index in [1.54, 1.807) is 0 Å². The summed E-state index contributed by atoms with van der Waals surface area (Å²) < 4.78 is 24.6. The minimum absolute atomic E-state index is 0.0881. The van der Waals surface area contributed by atoms with Crippen molar-refractivity contribution in [2.45, 2.75) is 55.9 Å². The summed E-state index contributed by atoms with van der Waals surface area (Å²) in [7, 11) is 0. The van der Waals surface area contributed by atoms with Gasteiger partial charge >= 0.3 is 5.97 Å². The number of hydrogen-bond donors (Lipinski definition) is 1. The first kappa shape index (κ1) is 19.0. The van der Waals surface area contributed by atoms with E-state index < -0.39 is 17.1 Å². The van der Waals surface area contributed by atoms with Crippen LogP contribution >= 0.6 is 0 Å². The smallest absolute Gasteiger partial charge is 0.303 e. The molecular weight excluding hydrogens is 364 g/mol. The van der Waals surface area contributed by atoms with E-state index in [1.807, 2.05) is 30.3 Å². The Morgan fingerprint density at radius 1 is 1.07 bits per heavy atom. The zero-order chi connectivity index (χ0) is 18.8. The maximum atomic E-state index is 12.7. The number of hydrogen-bond acceptors (Lipinski definition) is 4. The quantitative estimate of drug-likeness (QED) is 0.287. The standard InChI is InChI=1S/C21H26O5S/c22-17(23)11-7-2-1-6-10-15-16(19-21-20(26-21)18(15)25-19)13-27(24)12-14-8-4-3-5-9-14/h1,3-6,8-9,15-16,18-21H,2,7,10-13H2,(H,22,23)/b6-1-/t15-,16+,18+,19-,20-,21+,27?/m0/s1. The number of carboxylic acids is 1. The number of ether oxygens (including phenoxy) is 2. The number of fused-ring (bicyclic) bond motifs is 5. The third kappa shape index (κ3) is 4.40. The molecular formula is C21H26O5S. The molecule has 27 heavy (non-hydrogen) atoms. The third-order valence-corrected chi connectivity index (χ3v) is 7.21.